The lowest BCUT2D eigenvalue weighted by Gasteiger charge is -2.26. The number of amides is 1. The van der Waals surface area contributed by atoms with Crippen molar-refractivity contribution >= 4 is 69.0 Å². The summed E-state index contributed by atoms with van der Waals surface area (Å²) >= 11 is 18.6. The summed E-state index contributed by atoms with van der Waals surface area (Å²) in [6, 6.07) is 0. The molecule has 1 heterocycles. The van der Waals surface area contributed by atoms with Crippen LogP contribution in [0.1, 0.15) is 46.4 Å². The molecule has 0 saturated carbocycles. The molecule has 146 valence electrons. The van der Waals surface area contributed by atoms with Gasteiger partial charge >= 0.3 is 11.9 Å². The molecule has 1 aromatic heterocycles. The molecule has 0 aliphatic heterocycles. The van der Waals surface area contributed by atoms with Gasteiger partial charge in [0, 0.05) is 6.92 Å². The summed E-state index contributed by atoms with van der Waals surface area (Å²) in [5.41, 5.74) is 0.491. The van der Waals surface area contributed by atoms with Gasteiger partial charge in [0.15, 0.2) is 0 Å². The molecule has 0 fully saturated rings. The Morgan fingerprint density at radius 2 is 1.65 bits per heavy atom. The third-order valence-electron chi connectivity index (χ3n) is 3.04. The lowest BCUT2D eigenvalue weighted by molar-refractivity contribution is -0.119. The number of carbonyl (C=O) groups excluding carboxylic acids is 3. The van der Waals surface area contributed by atoms with Crippen LogP contribution in [0.15, 0.2) is 0 Å². The van der Waals surface area contributed by atoms with Crippen LogP contribution in [0.4, 0.5) is 5.00 Å². The molecule has 0 spiro atoms. The first-order valence-electron chi connectivity index (χ1n) is 7.60. The third kappa shape index (κ3) is 5.90. The molecule has 7 nitrogen and oxygen atoms in total. The second-order valence-electron chi connectivity index (χ2n) is 5.02. The topological polar surface area (TPSA) is 93.7 Å². The van der Waals surface area contributed by atoms with Crippen molar-refractivity contribution < 1.29 is 23.9 Å². The van der Waals surface area contributed by atoms with E-state index >= 15 is 0 Å². The number of esters is 2. The summed E-state index contributed by atoms with van der Waals surface area (Å²) < 4.78 is 8.12. The zero-order valence-electron chi connectivity index (χ0n) is 14.6. The minimum absolute atomic E-state index is 0.115. The standard InChI is InChI=1S/C15H19Cl3N2O5S/c1-5-24-12(22)9-7(3)10(13(23)25-6-2)26-11(9)20-14(15(16,17)18)19-8(4)21/h14,20H,5-6H2,1-4H3,(H,19,21)/t14-/m1/s1. The van der Waals surface area contributed by atoms with Crippen LogP contribution in [0.2, 0.25) is 0 Å². The third-order valence-corrected chi connectivity index (χ3v) is 4.90. The van der Waals surface area contributed by atoms with Crippen LogP contribution < -0.4 is 10.6 Å². The summed E-state index contributed by atoms with van der Waals surface area (Å²) in [6.07, 6.45) is -1.15. The fourth-order valence-electron chi connectivity index (χ4n) is 1.99. The van der Waals surface area contributed by atoms with E-state index in [2.05, 4.69) is 10.6 Å². The summed E-state index contributed by atoms with van der Waals surface area (Å²) in [5.74, 6) is -1.69. The van der Waals surface area contributed by atoms with Gasteiger partial charge in [-0.25, -0.2) is 9.59 Å². The minimum Gasteiger partial charge on any atom is -0.462 e. The molecule has 1 aromatic rings. The van der Waals surface area contributed by atoms with Crippen molar-refractivity contribution in [1.82, 2.24) is 5.32 Å². The van der Waals surface area contributed by atoms with Crippen molar-refractivity contribution in [1.29, 1.82) is 0 Å². The van der Waals surface area contributed by atoms with Crippen LogP contribution in [0.25, 0.3) is 0 Å². The highest BCUT2D eigenvalue weighted by molar-refractivity contribution is 7.18. The molecule has 2 N–H and O–H groups in total. The zero-order chi connectivity index (χ0) is 20.1. The zero-order valence-corrected chi connectivity index (χ0v) is 17.7. The number of nitrogens with one attached hydrogen (secondary N) is 2. The Morgan fingerprint density at radius 1 is 1.12 bits per heavy atom. The van der Waals surface area contributed by atoms with Gasteiger partial charge in [-0.2, -0.15) is 0 Å². The van der Waals surface area contributed by atoms with Gasteiger partial charge in [-0.15, -0.1) is 11.3 Å². The molecule has 0 radical (unpaired) electrons. The van der Waals surface area contributed by atoms with Crippen molar-refractivity contribution in [3.05, 3.63) is 16.0 Å². The van der Waals surface area contributed by atoms with Crippen LogP contribution in [0, 0.1) is 6.92 Å². The van der Waals surface area contributed by atoms with Gasteiger partial charge in [-0.05, 0) is 26.3 Å². The number of alkyl halides is 3. The number of halogens is 3. The Bertz CT molecular complexity index is 688. The summed E-state index contributed by atoms with van der Waals surface area (Å²) in [6.45, 7) is 6.48. The average Bonchev–Trinajstić information content (AvgIpc) is 2.82. The summed E-state index contributed by atoms with van der Waals surface area (Å²) in [4.78, 5) is 36.1. The normalized spacial score (nSPS) is 12.3. The number of thiophene rings is 1. The predicted octanol–water partition coefficient (Wildman–Crippen LogP) is 3.65. The van der Waals surface area contributed by atoms with E-state index in [9.17, 15) is 14.4 Å². The van der Waals surface area contributed by atoms with E-state index < -0.39 is 27.8 Å². The first-order chi connectivity index (χ1) is 12.0. The van der Waals surface area contributed by atoms with Gasteiger partial charge in [0.2, 0.25) is 9.70 Å². The van der Waals surface area contributed by atoms with Gasteiger partial charge in [-0.1, -0.05) is 34.8 Å². The van der Waals surface area contributed by atoms with E-state index in [4.69, 9.17) is 44.3 Å². The molecule has 0 aromatic carbocycles. The van der Waals surface area contributed by atoms with Crippen LogP contribution in [-0.2, 0) is 14.3 Å². The lowest BCUT2D eigenvalue weighted by atomic mass is 10.1. The molecule has 0 saturated heterocycles. The van der Waals surface area contributed by atoms with E-state index in [0.717, 1.165) is 11.3 Å². The van der Waals surface area contributed by atoms with Crippen molar-refractivity contribution in [3.8, 4) is 0 Å². The number of hydrogen-bond donors (Lipinski definition) is 2. The minimum atomic E-state index is -1.92. The Balaban J connectivity index is 3.37. The van der Waals surface area contributed by atoms with Crippen LogP contribution in [-0.4, -0.2) is 41.0 Å². The maximum Gasteiger partial charge on any atom is 0.348 e. The van der Waals surface area contributed by atoms with Crippen LogP contribution in [0.3, 0.4) is 0 Å². The van der Waals surface area contributed by atoms with Crippen molar-refractivity contribution in [3.63, 3.8) is 0 Å². The highest BCUT2D eigenvalue weighted by atomic mass is 35.6. The van der Waals surface area contributed by atoms with Gasteiger partial charge in [0.25, 0.3) is 0 Å². The summed E-state index contributed by atoms with van der Waals surface area (Å²) in [5, 5.41) is 5.46. The lowest BCUT2D eigenvalue weighted by Crippen LogP contribution is -2.48. The van der Waals surface area contributed by atoms with Gasteiger partial charge in [0.1, 0.15) is 16.0 Å². The highest BCUT2D eigenvalue weighted by Gasteiger charge is 2.36. The average molecular weight is 446 g/mol. The first-order valence-corrected chi connectivity index (χ1v) is 9.55. The number of carbonyl (C=O) groups is 3. The smallest absolute Gasteiger partial charge is 0.348 e. The SMILES string of the molecule is CCOC(=O)c1sc(N[C@@H](NC(C)=O)C(Cl)(Cl)Cl)c(C(=O)OCC)c1C. The molecule has 1 rings (SSSR count). The Kier molecular flexibility index (Phi) is 8.46. The van der Waals surface area contributed by atoms with Gasteiger partial charge < -0.3 is 20.1 Å². The Labute approximate surface area is 170 Å². The second kappa shape index (κ2) is 9.64. The molecular formula is C15H19Cl3N2O5S. The molecule has 1 amide bonds. The maximum absolute atomic E-state index is 12.3. The molecule has 0 aliphatic carbocycles. The fourth-order valence-corrected chi connectivity index (χ4v) is 3.43. The Morgan fingerprint density at radius 3 is 2.12 bits per heavy atom. The van der Waals surface area contributed by atoms with Crippen molar-refractivity contribution in [2.45, 2.75) is 37.7 Å². The van der Waals surface area contributed by atoms with Crippen LogP contribution >= 0.6 is 46.1 Å². The molecule has 11 heteroatoms. The first kappa shape index (κ1) is 22.8. The quantitative estimate of drug-likeness (QED) is 0.378. The molecule has 26 heavy (non-hydrogen) atoms. The number of rotatable bonds is 7. The van der Waals surface area contributed by atoms with Gasteiger partial charge in [0.05, 0.1) is 18.8 Å². The van der Waals surface area contributed by atoms with Crippen molar-refractivity contribution in [2.24, 2.45) is 0 Å². The molecule has 0 aliphatic rings. The monoisotopic (exact) mass is 444 g/mol. The second-order valence-corrected chi connectivity index (χ2v) is 8.41. The number of hydrogen-bond acceptors (Lipinski definition) is 7. The molecular weight excluding hydrogens is 427 g/mol. The molecule has 0 unspecified atom stereocenters. The number of ether oxygens (including phenoxy) is 2. The summed E-state index contributed by atoms with van der Waals surface area (Å²) in [7, 11) is 0. The van der Waals surface area contributed by atoms with Gasteiger partial charge in [-0.3, -0.25) is 4.79 Å². The predicted molar refractivity (Wildman–Crippen MR) is 102 cm³/mol. The maximum atomic E-state index is 12.3. The molecule has 0 bridgehead atoms. The van der Waals surface area contributed by atoms with Crippen molar-refractivity contribution in [2.75, 3.05) is 18.5 Å². The van der Waals surface area contributed by atoms with E-state index in [1.807, 2.05) is 0 Å². The largest absolute Gasteiger partial charge is 0.462 e. The fraction of sp³-hybridized carbons (Fsp3) is 0.533. The molecule has 1 atom stereocenters. The van der Waals surface area contributed by atoms with E-state index in [1.165, 1.54) is 6.92 Å². The van der Waals surface area contributed by atoms with E-state index in [-0.39, 0.29) is 28.7 Å². The highest BCUT2D eigenvalue weighted by Crippen LogP contribution is 2.38. The van der Waals surface area contributed by atoms with E-state index in [1.54, 1.807) is 20.8 Å². The number of anilines is 1. The van der Waals surface area contributed by atoms with E-state index in [0.29, 0.717) is 5.56 Å². The van der Waals surface area contributed by atoms with Crippen LogP contribution in [0.5, 0.6) is 0 Å². The Hall–Kier alpha value is -1.22.